The zero-order valence-corrected chi connectivity index (χ0v) is 14.2. The molecule has 2 rings (SSSR count). The van der Waals surface area contributed by atoms with Crippen LogP contribution in [0, 0.1) is 0 Å². The molecule has 2 aromatic rings. The van der Waals surface area contributed by atoms with Crippen molar-refractivity contribution in [2.45, 2.75) is 26.4 Å². The monoisotopic (exact) mass is 330 g/mol. The maximum Gasteiger partial charge on any atom is 0.412 e. The maximum absolute atomic E-state index is 12.3. The first-order valence-corrected chi connectivity index (χ1v) is 7.47. The van der Waals surface area contributed by atoms with Crippen LogP contribution in [0.1, 0.15) is 31.3 Å². The number of nitrogens with two attached hydrogens (primary N) is 1. The molecule has 24 heavy (non-hydrogen) atoms. The lowest BCUT2D eigenvalue weighted by molar-refractivity contribution is 0.0635. The fourth-order valence-corrected chi connectivity index (χ4v) is 2.04. The van der Waals surface area contributed by atoms with E-state index < -0.39 is 11.7 Å². The highest BCUT2D eigenvalue weighted by Gasteiger charge is 2.18. The standard InChI is InChI=1S/C17H22N4O3/c1-17(2,3)24-16(23)20-13-9-14(21(4)10-13)15(22)19-12-7-5-11(18)6-8-12/h5-10H,18H2,1-4H3,(H,19,22)(H,20,23). The Bertz CT molecular complexity index is 742. The van der Waals surface area contributed by atoms with Crippen LogP contribution in [0.4, 0.5) is 21.9 Å². The molecule has 0 bridgehead atoms. The molecule has 0 atom stereocenters. The fraction of sp³-hybridized carbons (Fsp3) is 0.294. The van der Waals surface area contributed by atoms with Crippen LogP contribution in [0.15, 0.2) is 36.5 Å². The number of rotatable bonds is 3. The normalized spacial score (nSPS) is 11.0. The lowest BCUT2D eigenvalue weighted by Crippen LogP contribution is -2.27. The zero-order chi connectivity index (χ0) is 17.9. The summed E-state index contributed by atoms with van der Waals surface area (Å²) >= 11 is 0. The molecule has 0 saturated heterocycles. The van der Waals surface area contributed by atoms with E-state index in [-0.39, 0.29) is 5.91 Å². The van der Waals surface area contributed by atoms with Crippen molar-refractivity contribution in [1.29, 1.82) is 0 Å². The van der Waals surface area contributed by atoms with Gasteiger partial charge >= 0.3 is 6.09 Å². The number of anilines is 3. The van der Waals surface area contributed by atoms with Gasteiger partial charge in [-0.3, -0.25) is 10.1 Å². The van der Waals surface area contributed by atoms with Crippen LogP contribution in [0.5, 0.6) is 0 Å². The molecule has 7 nitrogen and oxygen atoms in total. The molecule has 0 fully saturated rings. The minimum Gasteiger partial charge on any atom is -0.444 e. The Morgan fingerprint density at radius 3 is 2.29 bits per heavy atom. The minimum atomic E-state index is -0.589. The zero-order valence-electron chi connectivity index (χ0n) is 14.2. The van der Waals surface area contributed by atoms with Gasteiger partial charge in [0.05, 0.1) is 5.69 Å². The molecule has 0 radical (unpaired) electrons. The molecule has 1 aromatic carbocycles. The summed E-state index contributed by atoms with van der Waals surface area (Å²) in [5.41, 5.74) is 7.17. The quantitative estimate of drug-likeness (QED) is 0.753. The van der Waals surface area contributed by atoms with E-state index in [0.29, 0.717) is 22.8 Å². The Balaban J connectivity index is 2.06. The average Bonchev–Trinajstić information content (AvgIpc) is 2.80. The van der Waals surface area contributed by atoms with Crippen molar-refractivity contribution >= 4 is 29.1 Å². The van der Waals surface area contributed by atoms with E-state index in [4.69, 9.17) is 10.5 Å². The van der Waals surface area contributed by atoms with Gasteiger partial charge in [-0.2, -0.15) is 0 Å². The van der Waals surface area contributed by atoms with Gasteiger partial charge in [0.1, 0.15) is 11.3 Å². The third-order valence-electron chi connectivity index (χ3n) is 3.05. The number of hydrogen-bond acceptors (Lipinski definition) is 4. The number of hydrogen-bond donors (Lipinski definition) is 3. The molecule has 0 saturated carbocycles. The second-order valence-corrected chi connectivity index (χ2v) is 6.43. The Morgan fingerprint density at radius 1 is 1.08 bits per heavy atom. The molecule has 7 heteroatoms. The molecular weight excluding hydrogens is 308 g/mol. The van der Waals surface area contributed by atoms with Crippen LogP contribution in [0.25, 0.3) is 0 Å². The number of nitrogens with one attached hydrogen (secondary N) is 2. The van der Waals surface area contributed by atoms with Gasteiger partial charge in [-0.1, -0.05) is 0 Å². The maximum atomic E-state index is 12.3. The van der Waals surface area contributed by atoms with Gasteiger partial charge in [-0.15, -0.1) is 0 Å². The summed E-state index contributed by atoms with van der Waals surface area (Å²) < 4.78 is 6.81. The first-order chi connectivity index (χ1) is 11.1. The number of aryl methyl sites for hydroxylation is 1. The van der Waals surface area contributed by atoms with Crippen molar-refractivity contribution in [1.82, 2.24) is 4.57 Å². The van der Waals surface area contributed by atoms with Crippen LogP contribution in [-0.4, -0.2) is 22.2 Å². The van der Waals surface area contributed by atoms with E-state index >= 15 is 0 Å². The number of ether oxygens (including phenoxy) is 1. The molecule has 0 aliphatic carbocycles. The van der Waals surface area contributed by atoms with Crippen molar-refractivity contribution in [2.75, 3.05) is 16.4 Å². The first kappa shape index (κ1) is 17.4. The van der Waals surface area contributed by atoms with Gasteiger partial charge in [0.15, 0.2) is 0 Å². The Morgan fingerprint density at radius 2 is 1.71 bits per heavy atom. The summed E-state index contributed by atoms with van der Waals surface area (Å²) in [4.78, 5) is 24.1. The van der Waals surface area contributed by atoms with Gasteiger partial charge in [0.25, 0.3) is 5.91 Å². The van der Waals surface area contributed by atoms with Crippen LogP contribution in [0.3, 0.4) is 0 Å². The molecule has 0 spiro atoms. The average molecular weight is 330 g/mol. The summed E-state index contributed by atoms with van der Waals surface area (Å²) in [5.74, 6) is -0.292. The van der Waals surface area contributed by atoms with Crippen LogP contribution >= 0.6 is 0 Å². The predicted octanol–water partition coefficient (Wildman–Crippen LogP) is 3.21. The van der Waals surface area contributed by atoms with Gasteiger partial charge in [0.2, 0.25) is 0 Å². The minimum absolute atomic E-state index is 0.292. The van der Waals surface area contributed by atoms with E-state index in [1.165, 1.54) is 0 Å². The van der Waals surface area contributed by atoms with E-state index in [1.54, 1.807) is 68.9 Å². The van der Waals surface area contributed by atoms with Gasteiger partial charge < -0.3 is 20.4 Å². The second kappa shape index (κ2) is 6.66. The van der Waals surface area contributed by atoms with Crippen molar-refractivity contribution in [2.24, 2.45) is 7.05 Å². The Labute approximate surface area is 140 Å². The smallest absolute Gasteiger partial charge is 0.412 e. The largest absolute Gasteiger partial charge is 0.444 e. The Kier molecular flexibility index (Phi) is 4.82. The van der Waals surface area contributed by atoms with Gasteiger partial charge in [-0.05, 0) is 51.1 Å². The predicted molar refractivity (Wildman–Crippen MR) is 94.1 cm³/mol. The van der Waals surface area contributed by atoms with E-state index in [0.717, 1.165) is 0 Å². The molecule has 2 amide bonds. The molecule has 1 heterocycles. The summed E-state index contributed by atoms with van der Waals surface area (Å²) in [6.45, 7) is 5.34. The molecule has 0 unspecified atom stereocenters. The lowest BCUT2D eigenvalue weighted by atomic mass is 10.2. The van der Waals surface area contributed by atoms with Crippen LogP contribution in [0.2, 0.25) is 0 Å². The number of nitrogen functional groups attached to an aromatic ring is 1. The van der Waals surface area contributed by atoms with Crippen LogP contribution < -0.4 is 16.4 Å². The highest BCUT2D eigenvalue weighted by atomic mass is 16.6. The summed E-state index contributed by atoms with van der Waals surface area (Å²) in [6, 6.07) is 8.43. The number of carbonyl (C=O) groups excluding carboxylic acids is 2. The number of aromatic nitrogens is 1. The first-order valence-electron chi connectivity index (χ1n) is 7.47. The van der Waals surface area contributed by atoms with Crippen molar-refractivity contribution in [3.63, 3.8) is 0 Å². The lowest BCUT2D eigenvalue weighted by Gasteiger charge is -2.19. The van der Waals surface area contributed by atoms with Crippen molar-refractivity contribution < 1.29 is 14.3 Å². The number of amides is 2. The topological polar surface area (TPSA) is 98.4 Å². The van der Waals surface area contributed by atoms with Gasteiger partial charge in [-0.25, -0.2) is 4.79 Å². The molecule has 4 N–H and O–H groups in total. The van der Waals surface area contributed by atoms with Crippen molar-refractivity contribution in [3.8, 4) is 0 Å². The van der Waals surface area contributed by atoms with Gasteiger partial charge in [0, 0.05) is 24.6 Å². The molecule has 0 aliphatic heterocycles. The van der Waals surface area contributed by atoms with Crippen LogP contribution in [-0.2, 0) is 11.8 Å². The second-order valence-electron chi connectivity index (χ2n) is 6.43. The summed E-state index contributed by atoms with van der Waals surface area (Å²) in [6.07, 6.45) is 1.07. The van der Waals surface area contributed by atoms with E-state index in [2.05, 4.69) is 10.6 Å². The van der Waals surface area contributed by atoms with E-state index in [1.807, 2.05) is 0 Å². The summed E-state index contributed by atoms with van der Waals surface area (Å²) in [7, 11) is 1.72. The molecule has 1 aromatic heterocycles. The van der Waals surface area contributed by atoms with E-state index in [9.17, 15) is 9.59 Å². The third kappa shape index (κ3) is 4.77. The Hall–Kier alpha value is -2.96. The fourth-order valence-electron chi connectivity index (χ4n) is 2.04. The summed E-state index contributed by atoms with van der Waals surface area (Å²) in [5, 5.41) is 5.38. The molecular formula is C17H22N4O3. The number of carbonyl (C=O) groups is 2. The number of benzene rings is 1. The molecule has 128 valence electrons. The third-order valence-corrected chi connectivity index (χ3v) is 3.05. The highest BCUT2D eigenvalue weighted by Crippen LogP contribution is 2.17. The highest BCUT2D eigenvalue weighted by molar-refractivity contribution is 6.04. The SMILES string of the molecule is Cn1cc(NC(=O)OC(C)(C)C)cc1C(=O)Nc1ccc(N)cc1. The molecule has 0 aliphatic rings. The number of nitrogens with zero attached hydrogens (tertiary/aromatic N) is 1. The van der Waals surface area contributed by atoms with Crippen molar-refractivity contribution in [3.05, 3.63) is 42.2 Å².